The third kappa shape index (κ3) is 4.62. The molecule has 1 aromatic rings. The molecule has 0 aliphatic carbocycles. The number of benzene rings is 1. The Hall–Kier alpha value is -1.24. The summed E-state index contributed by atoms with van der Waals surface area (Å²) in [7, 11) is 0. The molecular formula is C16H21ClF2N2O2. The zero-order valence-corrected chi connectivity index (χ0v) is 14.0. The second-order valence-electron chi connectivity index (χ2n) is 5.92. The van der Waals surface area contributed by atoms with Crippen molar-refractivity contribution in [2.45, 2.75) is 19.9 Å². The number of nitrogens with zero attached hydrogens (tertiary/aromatic N) is 1. The molecule has 1 aliphatic heterocycles. The summed E-state index contributed by atoms with van der Waals surface area (Å²) in [5.74, 6) is -2.34. The minimum Gasteiger partial charge on any atom is -0.379 e. The third-order valence-corrected chi connectivity index (χ3v) is 4.32. The molecule has 1 N–H and O–H groups in total. The Morgan fingerprint density at radius 3 is 2.52 bits per heavy atom. The van der Waals surface area contributed by atoms with Crippen LogP contribution in [-0.4, -0.2) is 49.7 Å². The summed E-state index contributed by atoms with van der Waals surface area (Å²) in [5.41, 5.74) is -0.0601. The molecule has 1 fully saturated rings. The van der Waals surface area contributed by atoms with Crippen LogP contribution in [0.15, 0.2) is 12.1 Å². The lowest BCUT2D eigenvalue weighted by atomic mass is 10.0. The van der Waals surface area contributed by atoms with Crippen molar-refractivity contribution in [3.63, 3.8) is 0 Å². The van der Waals surface area contributed by atoms with E-state index in [-0.39, 0.29) is 16.6 Å². The highest BCUT2D eigenvalue weighted by molar-refractivity contribution is 6.33. The molecule has 1 aliphatic rings. The lowest BCUT2D eigenvalue weighted by molar-refractivity contribution is 0.00672. The van der Waals surface area contributed by atoms with Crippen molar-refractivity contribution in [3.8, 4) is 0 Å². The third-order valence-electron chi connectivity index (χ3n) is 4.01. The first-order valence-electron chi connectivity index (χ1n) is 7.64. The van der Waals surface area contributed by atoms with Crippen LogP contribution in [0.4, 0.5) is 8.78 Å². The van der Waals surface area contributed by atoms with Gasteiger partial charge in [0.2, 0.25) is 0 Å². The van der Waals surface area contributed by atoms with E-state index in [2.05, 4.69) is 24.1 Å². The van der Waals surface area contributed by atoms with E-state index in [1.54, 1.807) is 0 Å². The van der Waals surface area contributed by atoms with Gasteiger partial charge in [-0.05, 0) is 18.1 Å². The molecule has 4 nitrogen and oxygen atoms in total. The molecular weight excluding hydrogens is 326 g/mol. The van der Waals surface area contributed by atoms with E-state index in [0.717, 1.165) is 25.2 Å². The highest BCUT2D eigenvalue weighted by Crippen LogP contribution is 2.20. The first-order valence-corrected chi connectivity index (χ1v) is 8.02. The van der Waals surface area contributed by atoms with Crippen LogP contribution in [0.2, 0.25) is 5.02 Å². The second kappa shape index (κ2) is 8.04. The molecule has 0 saturated carbocycles. The molecule has 1 aromatic carbocycles. The van der Waals surface area contributed by atoms with E-state index in [1.807, 2.05) is 0 Å². The SMILES string of the molecule is CC(C)C(CNC(=O)c1cc(F)c(F)cc1Cl)N1CCOCC1. The highest BCUT2D eigenvalue weighted by Gasteiger charge is 2.25. The molecule has 2 rings (SSSR count). The summed E-state index contributed by atoms with van der Waals surface area (Å²) >= 11 is 5.83. The van der Waals surface area contributed by atoms with E-state index in [0.29, 0.717) is 25.7 Å². The van der Waals surface area contributed by atoms with Crippen molar-refractivity contribution in [3.05, 3.63) is 34.4 Å². The number of halogens is 3. The minimum atomic E-state index is -1.09. The van der Waals surface area contributed by atoms with Crippen LogP contribution in [0.3, 0.4) is 0 Å². The Balaban J connectivity index is 2.02. The van der Waals surface area contributed by atoms with Gasteiger partial charge in [0.25, 0.3) is 5.91 Å². The average molecular weight is 347 g/mol. The molecule has 0 bridgehead atoms. The van der Waals surface area contributed by atoms with Crippen LogP contribution in [0, 0.1) is 17.6 Å². The van der Waals surface area contributed by atoms with Gasteiger partial charge in [0.05, 0.1) is 23.8 Å². The monoisotopic (exact) mass is 346 g/mol. The molecule has 1 heterocycles. The number of morpholine rings is 1. The Labute approximate surface area is 139 Å². The molecule has 1 saturated heterocycles. The maximum Gasteiger partial charge on any atom is 0.252 e. The maximum absolute atomic E-state index is 13.3. The van der Waals surface area contributed by atoms with Crippen LogP contribution < -0.4 is 5.32 Å². The minimum absolute atomic E-state index is 0.0601. The Bertz CT molecular complexity index is 563. The number of nitrogens with one attached hydrogen (secondary N) is 1. The van der Waals surface area contributed by atoms with Crippen LogP contribution in [0.25, 0.3) is 0 Å². The standard InChI is InChI=1S/C16H21ClF2N2O2/c1-10(2)15(21-3-5-23-6-4-21)9-20-16(22)11-7-13(18)14(19)8-12(11)17/h7-8,10,15H,3-6,9H2,1-2H3,(H,20,22). The Morgan fingerprint density at radius 1 is 1.30 bits per heavy atom. The van der Waals surface area contributed by atoms with Crippen LogP contribution >= 0.6 is 11.6 Å². The number of hydrogen-bond donors (Lipinski definition) is 1. The van der Waals surface area contributed by atoms with Gasteiger partial charge in [0, 0.05) is 25.7 Å². The molecule has 23 heavy (non-hydrogen) atoms. The number of rotatable bonds is 5. The summed E-state index contributed by atoms with van der Waals surface area (Å²) in [6.07, 6.45) is 0. The first-order chi connectivity index (χ1) is 10.9. The highest BCUT2D eigenvalue weighted by atomic mass is 35.5. The number of ether oxygens (including phenoxy) is 1. The Kier molecular flexibility index (Phi) is 6.33. The van der Waals surface area contributed by atoms with Crippen molar-refractivity contribution in [1.82, 2.24) is 10.2 Å². The van der Waals surface area contributed by atoms with Gasteiger partial charge in [0.1, 0.15) is 0 Å². The normalized spacial score (nSPS) is 17.3. The second-order valence-corrected chi connectivity index (χ2v) is 6.32. The topological polar surface area (TPSA) is 41.6 Å². The molecule has 0 aromatic heterocycles. The van der Waals surface area contributed by atoms with E-state index in [4.69, 9.17) is 16.3 Å². The molecule has 0 radical (unpaired) electrons. The number of carbonyl (C=O) groups excluding carboxylic acids is 1. The van der Waals surface area contributed by atoms with Crippen LogP contribution in [-0.2, 0) is 4.74 Å². The molecule has 0 spiro atoms. The van der Waals surface area contributed by atoms with Gasteiger partial charge in [-0.3, -0.25) is 9.69 Å². The number of amides is 1. The maximum atomic E-state index is 13.3. The van der Waals surface area contributed by atoms with Crippen molar-refractivity contribution in [2.24, 2.45) is 5.92 Å². The zero-order chi connectivity index (χ0) is 17.0. The number of hydrogen-bond acceptors (Lipinski definition) is 3. The molecule has 1 unspecified atom stereocenters. The fraction of sp³-hybridized carbons (Fsp3) is 0.562. The summed E-state index contributed by atoms with van der Waals surface area (Å²) in [5, 5.41) is 2.67. The van der Waals surface area contributed by atoms with Gasteiger partial charge in [-0.15, -0.1) is 0 Å². The van der Waals surface area contributed by atoms with Gasteiger partial charge < -0.3 is 10.1 Å². The number of carbonyl (C=O) groups is 1. The fourth-order valence-corrected chi connectivity index (χ4v) is 2.92. The average Bonchev–Trinajstić information content (AvgIpc) is 2.51. The van der Waals surface area contributed by atoms with Gasteiger partial charge in [-0.1, -0.05) is 25.4 Å². The van der Waals surface area contributed by atoms with E-state index < -0.39 is 17.5 Å². The predicted molar refractivity (Wildman–Crippen MR) is 84.7 cm³/mol. The smallest absolute Gasteiger partial charge is 0.252 e. The zero-order valence-electron chi connectivity index (χ0n) is 13.2. The predicted octanol–water partition coefficient (Wildman–Crippen LogP) is 2.70. The summed E-state index contributed by atoms with van der Waals surface area (Å²) in [6, 6.07) is 1.78. The van der Waals surface area contributed by atoms with Gasteiger partial charge in [-0.25, -0.2) is 8.78 Å². The lowest BCUT2D eigenvalue weighted by Crippen LogP contribution is -2.51. The van der Waals surface area contributed by atoms with Crippen molar-refractivity contribution in [2.75, 3.05) is 32.8 Å². The molecule has 7 heteroatoms. The quantitative estimate of drug-likeness (QED) is 0.833. The van der Waals surface area contributed by atoms with Crippen molar-refractivity contribution in [1.29, 1.82) is 0 Å². The van der Waals surface area contributed by atoms with Crippen LogP contribution in [0.1, 0.15) is 24.2 Å². The fourth-order valence-electron chi connectivity index (χ4n) is 2.68. The van der Waals surface area contributed by atoms with E-state index in [9.17, 15) is 13.6 Å². The van der Waals surface area contributed by atoms with Gasteiger partial charge >= 0.3 is 0 Å². The van der Waals surface area contributed by atoms with Gasteiger partial charge in [-0.2, -0.15) is 0 Å². The molecule has 1 atom stereocenters. The largest absolute Gasteiger partial charge is 0.379 e. The van der Waals surface area contributed by atoms with Crippen LogP contribution in [0.5, 0.6) is 0 Å². The molecule has 128 valence electrons. The Morgan fingerprint density at radius 2 is 1.91 bits per heavy atom. The molecule has 1 amide bonds. The van der Waals surface area contributed by atoms with E-state index >= 15 is 0 Å². The van der Waals surface area contributed by atoms with Gasteiger partial charge in [0.15, 0.2) is 11.6 Å². The summed E-state index contributed by atoms with van der Waals surface area (Å²) in [4.78, 5) is 14.5. The lowest BCUT2D eigenvalue weighted by Gasteiger charge is -2.36. The van der Waals surface area contributed by atoms with Crippen molar-refractivity contribution >= 4 is 17.5 Å². The van der Waals surface area contributed by atoms with Crippen molar-refractivity contribution < 1.29 is 18.3 Å². The summed E-state index contributed by atoms with van der Waals surface area (Å²) in [6.45, 7) is 7.53. The first kappa shape index (κ1) is 18.1. The van der Waals surface area contributed by atoms with E-state index in [1.165, 1.54) is 0 Å². The summed E-state index contributed by atoms with van der Waals surface area (Å²) < 4.78 is 31.7.